The molecule has 0 aromatic heterocycles. The number of hydrogen-bond donors (Lipinski definition) is 3. The topological polar surface area (TPSA) is 95.9 Å². The van der Waals surface area contributed by atoms with Crippen molar-refractivity contribution in [3.8, 4) is 0 Å². The number of carbonyl (C=O) groups is 2. The number of nitrogens with one attached hydrogen (secondary N) is 1. The molecule has 0 aromatic carbocycles. The van der Waals surface area contributed by atoms with Crippen molar-refractivity contribution < 1.29 is 24.5 Å². The van der Waals surface area contributed by atoms with Crippen molar-refractivity contribution in [2.24, 2.45) is 0 Å². The summed E-state index contributed by atoms with van der Waals surface area (Å²) in [5.41, 5.74) is 0. The Morgan fingerprint density at radius 2 is 0.775 bits per heavy atom. The standard InChI is InChI=1S/C65H111NO5/c1-4-7-10-13-16-19-22-25-28-31-32-34-37-40-43-46-49-52-55-58-65(70)71-61(56-53-50-47-44-41-38-35-33-29-26-23-20-17-14-11-8-5-2)59-64(69)66-62(60-67)63(68)57-54-51-48-45-42-39-36-30-27-24-21-18-15-12-9-6-3/h7,10,16-17,19-20,25-26,28-29,32,34-35,38,40,43-44,47,61-63,67-68H,4-6,8-9,11-15,18,21-24,27,30-31,33,36-37,39,41-42,45-46,48-60H2,1-3H3,(H,66,69)/b10-7-,19-16-,20-17-,28-25-,29-26-,34-32-,38-35-,43-40-,47-44-. The first-order chi connectivity index (χ1) is 35.0. The van der Waals surface area contributed by atoms with Crippen LogP contribution in [0.4, 0.5) is 0 Å². The zero-order valence-corrected chi connectivity index (χ0v) is 46.3. The summed E-state index contributed by atoms with van der Waals surface area (Å²) in [5.74, 6) is -0.569. The lowest BCUT2D eigenvalue weighted by atomic mass is 10.0. The minimum atomic E-state index is -0.816. The van der Waals surface area contributed by atoms with Crippen LogP contribution in [-0.2, 0) is 14.3 Å². The van der Waals surface area contributed by atoms with Gasteiger partial charge in [-0.2, -0.15) is 0 Å². The van der Waals surface area contributed by atoms with Crippen molar-refractivity contribution in [1.82, 2.24) is 5.32 Å². The molecule has 0 aliphatic carbocycles. The molecule has 71 heavy (non-hydrogen) atoms. The molecule has 3 unspecified atom stereocenters. The number of amides is 1. The number of carbonyl (C=O) groups excluding carboxylic acids is 2. The highest BCUT2D eigenvalue weighted by atomic mass is 16.5. The average molecular weight is 987 g/mol. The van der Waals surface area contributed by atoms with Gasteiger partial charge in [-0.05, 0) is 109 Å². The molecule has 0 bridgehead atoms. The Balaban J connectivity index is 4.73. The Labute approximate surface area is 438 Å². The van der Waals surface area contributed by atoms with Gasteiger partial charge in [0.1, 0.15) is 6.10 Å². The van der Waals surface area contributed by atoms with E-state index in [1.165, 1.54) is 109 Å². The SMILES string of the molecule is CC/C=C\C/C=C\C/C=C\C/C=C\C/C=C\CCCCCC(=O)OC(CCC/C=C\C/C=C\C/C=C\C/C=C\CCCCC)CC(=O)NC(CO)C(O)CCCCCCCCCCCCCCCCCC. The second-order valence-electron chi connectivity index (χ2n) is 19.7. The average Bonchev–Trinajstić information content (AvgIpc) is 3.36. The van der Waals surface area contributed by atoms with Crippen molar-refractivity contribution in [3.63, 3.8) is 0 Å². The summed E-state index contributed by atoms with van der Waals surface area (Å²) in [6, 6.07) is -0.734. The summed E-state index contributed by atoms with van der Waals surface area (Å²) in [7, 11) is 0. The van der Waals surface area contributed by atoms with Gasteiger partial charge in [-0.3, -0.25) is 9.59 Å². The van der Waals surface area contributed by atoms with Gasteiger partial charge in [0.2, 0.25) is 5.91 Å². The van der Waals surface area contributed by atoms with Crippen LogP contribution in [-0.4, -0.2) is 46.9 Å². The molecular weight excluding hydrogens is 875 g/mol. The van der Waals surface area contributed by atoms with E-state index in [1.807, 2.05) is 0 Å². The van der Waals surface area contributed by atoms with Crippen molar-refractivity contribution in [1.29, 1.82) is 0 Å². The maximum absolute atomic E-state index is 13.3. The number of esters is 1. The molecule has 0 aliphatic rings. The Morgan fingerprint density at radius 1 is 0.423 bits per heavy atom. The molecule has 0 aliphatic heterocycles. The van der Waals surface area contributed by atoms with E-state index in [-0.39, 0.29) is 24.9 Å². The summed E-state index contributed by atoms with van der Waals surface area (Å²) in [6.45, 7) is 6.33. The van der Waals surface area contributed by atoms with Gasteiger partial charge in [0.05, 0.1) is 25.2 Å². The molecule has 406 valence electrons. The van der Waals surface area contributed by atoms with Crippen LogP contribution in [0.25, 0.3) is 0 Å². The van der Waals surface area contributed by atoms with Crippen LogP contribution < -0.4 is 5.32 Å². The molecule has 0 saturated heterocycles. The quantitative estimate of drug-likeness (QED) is 0.0321. The van der Waals surface area contributed by atoms with Gasteiger partial charge in [-0.15, -0.1) is 0 Å². The van der Waals surface area contributed by atoms with Crippen LogP contribution in [0, 0.1) is 0 Å². The molecule has 0 spiro atoms. The third-order valence-corrected chi connectivity index (χ3v) is 12.8. The van der Waals surface area contributed by atoms with E-state index in [2.05, 4.69) is 135 Å². The van der Waals surface area contributed by atoms with E-state index in [1.54, 1.807) is 0 Å². The van der Waals surface area contributed by atoms with Crippen LogP contribution in [0.15, 0.2) is 109 Å². The van der Waals surface area contributed by atoms with Crippen LogP contribution >= 0.6 is 0 Å². The summed E-state index contributed by atoms with van der Waals surface area (Å²) >= 11 is 0. The van der Waals surface area contributed by atoms with Gasteiger partial charge >= 0.3 is 5.97 Å². The molecule has 0 saturated carbocycles. The predicted octanol–water partition coefficient (Wildman–Crippen LogP) is 18.6. The fourth-order valence-corrected chi connectivity index (χ4v) is 8.39. The molecule has 0 aromatic rings. The first-order valence-electron chi connectivity index (χ1n) is 29.6. The molecule has 3 N–H and O–H groups in total. The fourth-order valence-electron chi connectivity index (χ4n) is 8.39. The largest absolute Gasteiger partial charge is 0.462 e. The molecule has 0 heterocycles. The second-order valence-corrected chi connectivity index (χ2v) is 19.7. The Hall–Kier alpha value is -3.48. The zero-order chi connectivity index (χ0) is 51.6. The Kier molecular flexibility index (Phi) is 54.6. The molecule has 1 amide bonds. The number of ether oxygens (including phenoxy) is 1. The van der Waals surface area contributed by atoms with Gasteiger partial charge in [0, 0.05) is 6.42 Å². The summed E-state index contributed by atoms with van der Waals surface area (Å²) in [6.07, 6.45) is 78.7. The Morgan fingerprint density at radius 3 is 1.20 bits per heavy atom. The van der Waals surface area contributed by atoms with Gasteiger partial charge in [-0.25, -0.2) is 0 Å². The smallest absolute Gasteiger partial charge is 0.306 e. The lowest BCUT2D eigenvalue weighted by Gasteiger charge is -2.24. The highest BCUT2D eigenvalue weighted by Gasteiger charge is 2.24. The molecule has 0 fully saturated rings. The lowest BCUT2D eigenvalue weighted by Crippen LogP contribution is -2.46. The molecule has 0 radical (unpaired) electrons. The van der Waals surface area contributed by atoms with Gasteiger partial charge in [0.15, 0.2) is 0 Å². The number of rotatable bonds is 52. The molecule has 6 heteroatoms. The minimum absolute atomic E-state index is 0.0205. The van der Waals surface area contributed by atoms with Gasteiger partial charge in [-0.1, -0.05) is 252 Å². The lowest BCUT2D eigenvalue weighted by molar-refractivity contribution is -0.151. The molecule has 0 rings (SSSR count). The third-order valence-electron chi connectivity index (χ3n) is 12.8. The number of hydrogen-bond acceptors (Lipinski definition) is 5. The molecule has 6 nitrogen and oxygen atoms in total. The first-order valence-corrected chi connectivity index (χ1v) is 29.6. The predicted molar refractivity (Wildman–Crippen MR) is 310 cm³/mol. The normalized spacial score (nSPS) is 13.9. The van der Waals surface area contributed by atoms with E-state index in [4.69, 9.17) is 4.74 Å². The van der Waals surface area contributed by atoms with Crippen LogP contribution in [0.2, 0.25) is 0 Å². The highest BCUT2D eigenvalue weighted by molar-refractivity contribution is 5.77. The Bertz CT molecular complexity index is 1430. The van der Waals surface area contributed by atoms with Crippen LogP contribution in [0.3, 0.4) is 0 Å². The molecular formula is C65H111NO5. The van der Waals surface area contributed by atoms with E-state index in [0.717, 1.165) is 109 Å². The van der Waals surface area contributed by atoms with E-state index < -0.39 is 18.2 Å². The summed E-state index contributed by atoms with van der Waals surface area (Å²) < 4.78 is 5.92. The third kappa shape index (κ3) is 52.7. The van der Waals surface area contributed by atoms with Crippen LogP contribution in [0.1, 0.15) is 265 Å². The number of aliphatic hydroxyl groups is 2. The van der Waals surface area contributed by atoms with Crippen molar-refractivity contribution in [2.75, 3.05) is 6.61 Å². The number of allylic oxidation sites excluding steroid dienone is 18. The number of aliphatic hydroxyl groups excluding tert-OH is 2. The maximum atomic E-state index is 13.3. The minimum Gasteiger partial charge on any atom is -0.462 e. The fraction of sp³-hybridized carbons (Fsp3) is 0.692. The zero-order valence-electron chi connectivity index (χ0n) is 46.3. The van der Waals surface area contributed by atoms with Crippen molar-refractivity contribution >= 4 is 11.9 Å². The van der Waals surface area contributed by atoms with Crippen LogP contribution in [0.5, 0.6) is 0 Å². The summed E-state index contributed by atoms with van der Waals surface area (Å²) in [5, 5.41) is 23.9. The molecule has 3 atom stereocenters. The van der Waals surface area contributed by atoms with Crippen molar-refractivity contribution in [3.05, 3.63) is 109 Å². The van der Waals surface area contributed by atoms with E-state index >= 15 is 0 Å². The monoisotopic (exact) mass is 986 g/mol. The van der Waals surface area contributed by atoms with E-state index in [0.29, 0.717) is 19.3 Å². The van der Waals surface area contributed by atoms with E-state index in [9.17, 15) is 19.8 Å². The highest BCUT2D eigenvalue weighted by Crippen LogP contribution is 2.17. The number of unbranched alkanes of at least 4 members (excludes halogenated alkanes) is 22. The maximum Gasteiger partial charge on any atom is 0.306 e. The second kappa shape index (κ2) is 57.4. The first kappa shape index (κ1) is 67.5. The summed E-state index contributed by atoms with van der Waals surface area (Å²) in [4.78, 5) is 26.3. The van der Waals surface area contributed by atoms with Crippen molar-refractivity contribution in [2.45, 2.75) is 283 Å². The van der Waals surface area contributed by atoms with Gasteiger partial charge in [0.25, 0.3) is 0 Å². The van der Waals surface area contributed by atoms with Gasteiger partial charge < -0.3 is 20.3 Å².